The van der Waals surface area contributed by atoms with Crippen LogP contribution in [-0.2, 0) is 0 Å². The van der Waals surface area contributed by atoms with Crippen molar-refractivity contribution in [1.82, 2.24) is 4.90 Å². The lowest BCUT2D eigenvalue weighted by molar-refractivity contribution is 0.217. The first-order valence-corrected chi connectivity index (χ1v) is 6.06. The molecular formula is C14H19N3O. The average molecular weight is 245 g/mol. The minimum Gasteiger partial charge on any atom is -0.325 e. The Morgan fingerprint density at radius 1 is 1.39 bits per heavy atom. The lowest BCUT2D eigenvalue weighted by atomic mass is 10.2. The number of urea groups is 1. The summed E-state index contributed by atoms with van der Waals surface area (Å²) in [5.41, 5.74) is 6.91. The number of hydrogen-bond acceptors (Lipinski definition) is 2. The van der Waals surface area contributed by atoms with Crippen molar-refractivity contribution in [2.45, 2.75) is 13.8 Å². The van der Waals surface area contributed by atoms with E-state index < -0.39 is 0 Å². The van der Waals surface area contributed by atoms with Crippen molar-refractivity contribution in [2.24, 2.45) is 5.73 Å². The van der Waals surface area contributed by atoms with E-state index in [2.05, 4.69) is 17.2 Å². The van der Waals surface area contributed by atoms with Crippen molar-refractivity contribution < 1.29 is 4.79 Å². The Balaban J connectivity index is 2.76. The lowest BCUT2D eigenvalue weighted by Crippen LogP contribution is -2.34. The molecular weight excluding hydrogens is 226 g/mol. The zero-order chi connectivity index (χ0) is 13.4. The molecule has 0 atom stereocenters. The number of anilines is 1. The van der Waals surface area contributed by atoms with Crippen LogP contribution < -0.4 is 11.1 Å². The van der Waals surface area contributed by atoms with Gasteiger partial charge in [-0.25, -0.2) is 4.79 Å². The SMILES string of the molecule is CCN(CC)C(=O)Nc1cccc(C#CCN)c1. The summed E-state index contributed by atoms with van der Waals surface area (Å²) in [6.45, 7) is 5.61. The van der Waals surface area contributed by atoms with Crippen molar-refractivity contribution in [3.63, 3.8) is 0 Å². The van der Waals surface area contributed by atoms with Crippen LogP contribution in [0.2, 0.25) is 0 Å². The molecule has 2 amide bonds. The van der Waals surface area contributed by atoms with E-state index in [0.717, 1.165) is 11.3 Å². The van der Waals surface area contributed by atoms with E-state index in [1.165, 1.54) is 0 Å². The van der Waals surface area contributed by atoms with Crippen LogP contribution in [0.1, 0.15) is 19.4 Å². The van der Waals surface area contributed by atoms with Crippen molar-refractivity contribution in [3.05, 3.63) is 29.8 Å². The second-order valence-electron chi connectivity index (χ2n) is 3.69. The number of carbonyl (C=O) groups excluding carboxylic acids is 1. The van der Waals surface area contributed by atoms with Gasteiger partial charge in [-0.05, 0) is 32.0 Å². The molecule has 0 aliphatic rings. The van der Waals surface area contributed by atoms with Crippen LogP contribution in [0.25, 0.3) is 0 Å². The Labute approximate surface area is 108 Å². The Kier molecular flexibility index (Phi) is 5.75. The fourth-order valence-corrected chi connectivity index (χ4v) is 1.54. The van der Waals surface area contributed by atoms with Crippen LogP contribution in [0.4, 0.5) is 10.5 Å². The summed E-state index contributed by atoms with van der Waals surface area (Å²) < 4.78 is 0. The summed E-state index contributed by atoms with van der Waals surface area (Å²) >= 11 is 0. The van der Waals surface area contributed by atoms with Gasteiger partial charge in [0, 0.05) is 24.3 Å². The van der Waals surface area contributed by atoms with E-state index in [1.807, 2.05) is 38.1 Å². The van der Waals surface area contributed by atoms with Gasteiger partial charge >= 0.3 is 6.03 Å². The van der Waals surface area contributed by atoms with Crippen LogP contribution in [0.3, 0.4) is 0 Å². The van der Waals surface area contributed by atoms with Crippen molar-refractivity contribution in [2.75, 3.05) is 25.0 Å². The molecule has 3 N–H and O–H groups in total. The number of amides is 2. The third-order valence-corrected chi connectivity index (χ3v) is 2.50. The topological polar surface area (TPSA) is 58.4 Å². The highest BCUT2D eigenvalue weighted by molar-refractivity contribution is 5.89. The summed E-state index contributed by atoms with van der Waals surface area (Å²) in [7, 11) is 0. The molecule has 0 radical (unpaired) electrons. The second-order valence-corrected chi connectivity index (χ2v) is 3.69. The van der Waals surface area contributed by atoms with E-state index in [9.17, 15) is 4.79 Å². The molecule has 0 heterocycles. The van der Waals surface area contributed by atoms with Crippen LogP contribution in [0.15, 0.2) is 24.3 Å². The minimum absolute atomic E-state index is 0.0936. The molecule has 0 saturated heterocycles. The van der Waals surface area contributed by atoms with Gasteiger partial charge in [0.25, 0.3) is 0 Å². The molecule has 0 unspecified atom stereocenters. The number of nitrogens with one attached hydrogen (secondary N) is 1. The number of carbonyl (C=O) groups is 1. The highest BCUT2D eigenvalue weighted by atomic mass is 16.2. The predicted octanol–water partition coefficient (Wildman–Crippen LogP) is 1.87. The monoisotopic (exact) mass is 245 g/mol. The van der Waals surface area contributed by atoms with Gasteiger partial charge < -0.3 is 16.0 Å². The van der Waals surface area contributed by atoms with Crippen molar-refractivity contribution >= 4 is 11.7 Å². The fourth-order valence-electron chi connectivity index (χ4n) is 1.54. The minimum atomic E-state index is -0.0936. The second kappa shape index (κ2) is 7.36. The zero-order valence-corrected chi connectivity index (χ0v) is 10.9. The molecule has 0 aliphatic carbocycles. The Hall–Kier alpha value is -1.99. The highest BCUT2D eigenvalue weighted by Crippen LogP contribution is 2.10. The first kappa shape index (κ1) is 14.1. The van der Waals surface area contributed by atoms with Gasteiger partial charge in [-0.15, -0.1) is 0 Å². The molecule has 0 saturated carbocycles. The molecule has 0 bridgehead atoms. The number of nitrogens with two attached hydrogens (primary N) is 1. The summed E-state index contributed by atoms with van der Waals surface area (Å²) in [6, 6.07) is 7.33. The van der Waals surface area contributed by atoms with E-state index >= 15 is 0 Å². The predicted molar refractivity (Wildman–Crippen MR) is 74.3 cm³/mol. The van der Waals surface area contributed by atoms with E-state index in [-0.39, 0.29) is 6.03 Å². The normalized spacial score (nSPS) is 9.28. The van der Waals surface area contributed by atoms with Gasteiger partial charge in [-0.2, -0.15) is 0 Å². The first-order valence-electron chi connectivity index (χ1n) is 6.06. The summed E-state index contributed by atoms with van der Waals surface area (Å²) in [5, 5.41) is 2.85. The van der Waals surface area contributed by atoms with Gasteiger partial charge in [0.15, 0.2) is 0 Å². The van der Waals surface area contributed by atoms with Crippen molar-refractivity contribution in [1.29, 1.82) is 0 Å². The van der Waals surface area contributed by atoms with Crippen LogP contribution in [0, 0.1) is 11.8 Å². The smallest absolute Gasteiger partial charge is 0.321 e. The molecule has 1 rings (SSSR count). The van der Waals surface area contributed by atoms with Gasteiger partial charge in [-0.1, -0.05) is 17.9 Å². The Morgan fingerprint density at radius 3 is 2.72 bits per heavy atom. The number of rotatable bonds is 3. The lowest BCUT2D eigenvalue weighted by Gasteiger charge is -2.19. The standard InChI is InChI=1S/C14H19N3O/c1-3-17(4-2)14(18)16-13-9-5-7-12(11-13)8-6-10-15/h5,7,9,11H,3-4,10,15H2,1-2H3,(H,16,18). The van der Waals surface area contributed by atoms with E-state index in [0.29, 0.717) is 19.6 Å². The quantitative estimate of drug-likeness (QED) is 0.799. The van der Waals surface area contributed by atoms with Gasteiger partial charge in [0.1, 0.15) is 0 Å². The Morgan fingerprint density at radius 2 is 2.11 bits per heavy atom. The number of nitrogens with zero attached hydrogens (tertiary/aromatic N) is 1. The first-order chi connectivity index (χ1) is 8.71. The molecule has 96 valence electrons. The van der Waals surface area contributed by atoms with Crippen LogP contribution >= 0.6 is 0 Å². The highest BCUT2D eigenvalue weighted by Gasteiger charge is 2.08. The number of hydrogen-bond donors (Lipinski definition) is 2. The van der Waals surface area contributed by atoms with Gasteiger partial charge in [-0.3, -0.25) is 0 Å². The summed E-state index contributed by atoms with van der Waals surface area (Å²) in [4.78, 5) is 13.6. The maximum Gasteiger partial charge on any atom is 0.321 e. The third-order valence-electron chi connectivity index (χ3n) is 2.50. The summed E-state index contributed by atoms with van der Waals surface area (Å²) in [5.74, 6) is 5.72. The average Bonchev–Trinajstić information content (AvgIpc) is 2.38. The molecule has 4 nitrogen and oxygen atoms in total. The van der Waals surface area contributed by atoms with E-state index in [1.54, 1.807) is 4.90 Å². The Bertz CT molecular complexity index is 456. The molecule has 0 aromatic heterocycles. The molecule has 18 heavy (non-hydrogen) atoms. The van der Waals surface area contributed by atoms with Gasteiger partial charge in [0.2, 0.25) is 0 Å². The third kappa shape index (κ3) is 4.11. The molecule has 4 heteroatoms. The molecule has 1 aromatic rings. The van der Waals surface area contributed by atoms with Crippen LogP contribution in [0.5, 0.6) is 0 Å². The maximum atomic E-state index is 11.9. The molecule has 0 fully saturated rings. The van der Waals surface area contributed by atoms with E-state index in [4.69, 9.17) is 5.73 Å². The fraction of sp³-hybridized carbons (Fsp3) is 0.357. The molecule has 0 spiro atoms. The van der Waals surface area contributed by atoms with Crippen LogP contribution in [-0.4, -0.2) is 30.6 Å². The largest absolute Gasteiger partial charge is 0.325 e. The zero-order valence-electron chi connectivity index (χ0n) is 10.9. The maximum absolute atomic E-state index is 11.9. The van der Waals surface area contributed by atoms with Gasteiger partial charge in [0.05, 0.1) is 6.54 Å². The molecule has 0 aliphatic heterocycles. The number of benzene rings is 1. The molecule has 1 aromatic carbocycles. The van der Waals surface area contributed by atoms with Crippen molar-refractivity contribution in [3.8, 4) is 11.8 Å². The summed E-state index contributed by atoms with van der Waals surface area (Å²) in [6.07, 6.45) is 0.